The fourth-order valence-electron chi connectivity index (χ4n) is 2.70. The Hall–Kier alpha value is -0.730. The van der Waals surface area contributed by atoms with Gasteiger partial charge in [0.15, 0.2) is 0 Å². The fraction of sp³-hybridized carbons (Fsp3) is 0.647. The van der Waals surface area contributed by atoms with E-state index in [1.165, 1.54) is 32.1 Å². The van der Waals surface area contributed by atoms with Crippen molar-refractivity contribution in [3.63, 3.8) is 0 Å². The molecule has 0 aromatic heterocycles. The zero-order valence-corrected chi connectivity index (χ0v) is 13.4. The van der Waals surface area contributed by atoms with E-state index in [0.29, 0.717) is 6.04 Å². The number of ether oxygens (including phenoxy) is 1. The lowest BCUT2D eigenvalue weighted by atomic mass is 9.90. The molecule has 112 valence electrons. The zero-order chi connectivity index (χ0) is 14.4. The molecule has 1 aromatic carbocycles. The number of hydrogen-bond acceptors (Lipinski definition) is 2. The van der Waals surface area contributed by atoms with Crippen LogP contribution < -0.4 is 10.1 Å². The molecule has 0 aliphatic heterocycles. The molecule has 0 atom stereocenters. The second-order valence-electron chi connectivity index (χ2n) is 6.10. The van der Waals surface area contributed by atoms with Gasteiger partial charge in [-0.3, -0.25) is 0 Å². The van der Waals surface area contributed by atoms with Gasteiger partial charge in [-0.1, -0.05) is 44.7 Å². The van der Waals surface area contributed by atoms with Gasteiger partial charge >= 0.3 is 0 Å². The van der Waals surface area contributed by atoms with E-state index in [9.17, 15) is 0 Å². The standard InChI is InChI=1S/C17H26ClNO/c1-13(2)19-11-15-10-16(18)8-9-17(15)20-12-14-6-4-3-5-7-14/h8-10,13-14,19H,3-7,11-12H2,1-2H3. The molecule has 0 unspecified atom stereocenters. The SMILES string of the molecule is CC(C)NCc1cc(Cl)ccc1OCC1CCCCC1. The number of benzene rings is 1. The van der Waals surface area contributed by atoms with Gasteiger partial charge in [-0.2, -0.15) is 0 Å². The molecule has 0 amide bonds. The van der Waals surface area contributed by atoms with Gasteiger partial charge in [0.25, 0.3) is 0 Å². The van der Waals surface area contributed by atoms with Crippen molar-refractivity contribution in [3.05, 3.63) is 28.8 Å². The summed E-state index contributed by atoms with van der Waals surface area (Å²) in [6, 6.07) is 6.38. The van der Waals surface area contributed by atoms with Crippen LogP contribution in [0.15, 0.2) is 18.2 Å². The predicted molar refractivity (Wildman–Crippen MR) is 85.5 cm³/mol. The first-order valence-corrected chi connectivity index (χ1v) is 8.17. The van der Waals surface area contributed by atoms with Crippen molar-refractivity contribution >= 4 is 11.6 Å². The van der Waals surface area contributed by atoms with Crippen molar-refractivity contribution in [2.45, 2.75) is 58.5 Å². The summed E-state index contributed by atoms with van der Waals surface area (Å²) >= 11 is 6.10. The van der Waals surface area contributed by atoms with Crippen LogP contribution in [0.3, 0.4) is 0 Å². The monoisotopic (exact) mass is 295 g/mol. The maximum atomic E-state index is 6.10. The van der Waals surface area contributed by atoms with Crippen LogP contribution in [0.4, 0.5) is 0 Å². The van der Waals surface area contributed by atoms with Gasteiger partial charge in [-0.05, 0) is 37.0 Å². The van der Waals surface area contributed by atoms with Crippen molar-refractivity contribution in [2.24, 2.45) is 5.92 Å². The van der Waals surface area contributed by atoms with Crippen LogP contribution in [0.1, 0.15) is 51.5 Å². The van der Waals surface area contributed by atoms with E-state index < -0.39 is 0 Å². The van der Waals surface area contributed by atoms with E-state index in [-0.39, 0.29) is 0 Å². The lowest BCUT2D eigenvalue weighted by Gasteiger charge is -2.22. The zero-order valence-electron chi connectivity index (χ0n) is 12.6. The molecule has 1 fully saturated rings. The molecule has 1 aromatic rings. The summed E-state index contributed by atoms with van der Waals surface area (Å²) < 4.78 is 6.07. The highest BCUT2D eigenvalue weighted by Crippen LogP contribution is 2.27. The predicted octanol–water partition coefficient (Wildman–Crippen LogP) is 4.80. The summed E-state index contributed by atoms with van der Waals surface area (Å²) in [4.78, 5) is 0. The molecule has 0 heterocycles. The Balaban J connectivity index is 1.94. The summed E-state index contributed by atoms with van der Waals surface area (Å²) in [5.74, 6) is 1.71. The third-order valence-corrected chi connectivity index (χ3v) is 4.16. The third kappa shape index (κ3) is 4.99. The van der Waals surface area contributed by atoms with Gasteiger partial charge in [0.2, 0.25) is 0 Å². The molecule has 0 bridgehead atoms. The van der Waals surface area contributed by atoms with Crippen LogP contribution >= 0.6 is 11.6 Å². The summed E-state index contributed by atoms with van der Waals surface area (Å²) in [6.07, 6.45) is 6.73. The van der Waals surface area contributed by atoms with Crippen molar-refractivity contribution in [1.82, 2.24) is 5.32 Å². The van der Waals surface area contributed by atoms with E-state index in [1.54, 1.807) is 0 Å². The minimum atomic E-state index is 0.458. The summed E-state index contributed by atoms with van der Waals surface area (Å²) in [5, 5.41) is 4.20. The average Bonchev–Trinajstić information content (AvgIpc) is 2.45. The topological polar surface area (TPSA) is 21.3 Å². The van der Waals surface area contributed by atoms with Gasteiger partial charge in [0.05, 0.1) is 6.61 Å². The molecular weight excluding hydrogens is 270 g/mol. The second-order valence-corrected chi connectivity index (χ2v) is 6.54. The summed E-state index contributed by atoms with van der Waals surface area (Å²) in [5.41, 5.74) is 1.15. The molecule has 0 saturated heterocycles. The highest BCUT2D eigenvalue weighted by Gasteiger charge is 2.15. The minimum absolute atomic E-state index is 0.458. The maximum Gasteiger partial charge on any atom is 0.123 e. The van der Waals surface area contributed by atoms with Crippen molar-refractivity contribution < 1.29 is 4.74 Å². The van der Waals surface area contributed by atoms with Gasteiger partial charge in [-0.25, -0.2) is 0 Å². The van der Waals surface area contributed by atoms with Gasteiger partial charge in [0.1, 0.15) is 5.75 Å². The highest BCUT2D eigenvalue weighted by molar-refractivity contribution is 6.30. The minimum Gasteiger partial charge on any atom is -0.493 e. The number of halogens is 1. The van der Waals surface area contributed by atoms with Gasteiger partial charge in [-0.15, -0.1) is 0 Å². The molecule has 1 aliphatic rings. The van der Waals surface area contributed by atoms with Crippen molar-refractivity contribution in [3.8, 4) is 5.75 Å². The Kier molecular flexibility index (Phi) is 6.18. The second kappa shape index (κ2) is 7.90. The normalized spacial score (nSPS) is 16.6. The van der Waals surface area contributed by atoms with Crippen LogP contribution in [0.5, 0.6) is 5.75 Å². The first-order chi connectivity index (χ1) is 9.65. The number of rotatable bonds is 6. The Morgan fingerprint density at radius 1 is 1.25 bits per heavy atom. The van der Waals surface area contributed by atoms with E-state index >= 15 is 0 Å². The van der Waals surface area contributed by atoms with Gasteiger partial charge in [0, 0.05) is 23.2 Å². The number of hydrogen-bond donors (Lipinski definition) is 1. The Morgan fingerprint density at radius 2 is 2.00 bits per heavy atom. The quantitative estimate of drug-likeness (QED) is 0.814. The smallest absolute Gasteiger partial charge is 0.123 e. The van der Waals surface area contributed by atoms with Crippen LogP contribution in [-0.2, 0) is 6.54 Å². The number of nitrogens with one attached hydrogen (secondary N) is 1. The van der Waals surface area contributed by atoms with Crippen LogP contribution in [0.2, 0.25) is 5.02 Å². The van der Waals surface area contributed by atoms with E-state index in [1.807, 2.05) is 18.2 Å². The summed E-state index contributed by atoms with van der Waals surface area (Å²) in [6.45, 7) is 5.94. The van der Waals surface area contributed by atoms with Gasteiger partial charge < -0.3 is 10.1 Å². The molecule has 2 rings (SSSR count). The first kappa shape index (κ1) is 15.7. The van der Waals surface area contributed by atoms with Crippen LogP contribution in [0, 0.1) is 5.92 Å². The molecule has 3 heteroatoms. The molecule has 1 N–H and O–H groups in total. The Morgan fingerprint density at radius 3 is 2.70 bits per heavy atom. The van der Waals surface area contributed by atoms with E-state index in [2.05, 4.69) is 19.2 Å². The molecule has 0 radical (unpaired) electrons. The maximum absolute atomic E-state index is 6.10. The lowest BCUT2D eigenvalue weighted by molar-refractivity contribution is 0.207. The van der Waals surface area contributed by atoms with E-state index in [0.717, 1.165) is 35.4 Å². The molecular formula is C17H26ClNO. The fourth-order valence-corrected chi connectivity index (χ4v) is 2.90. The molecule has 1 saturated carbocycles. The Labute approximate surface area is 127 Å². The average molecular weight is 296 g/mol. The van der Waals surface area contributed by atoms with Crippen molar-refractivity contribution in [2.75, 3.05) is 6.61 Å². The molecule has 2 nitrogen and oxygen atoms in total. The molecule has 1 aliphatic carbocycles. The van der Waals surface area contributed by atoms with Crippen LogP contribution in [-0.4, -0.2) is 12.6 Å². The largest absolute Gasteiger partial charge is 0.493 e. The lowest BCUT2D eigenvalue weighted by Crippen LogP contribution is -2.22. The Bertz CT molecular complexity index is 413. The molecule has 0 spiro atoms. The molecule has 20 heavy (non-hydrogen) atoms. The summed E-state index contributed by atoms with van der Waals surface area (Å²) in [7, 11) is 0. The van der Waals surface area contributed by atoms with Crippen molar-refractivity contribution in [1.29, 1.82) is 0 Å². The van der Waals surface area contributed by atoms with Crippen LogP contribution in [0.25, 0.3) is 0 Å². The van der Waals surface area contributed by atoms with E-state index in [4.69, 9.17) is 16.3 Å². The third-order valence-electron chi connectivity index (χ3n) is 3.92. The first-order valence-electron chi connectivity index (χ1n) is 7.80. The highest BCUT2D eigenvalue weighted by atomic mass is 35.5.